The lowest BCUT2D eigenvalue weighted by Crippen LogP contribution is -2.08. The van der Waals surface area contributed by atoms with Crippen LogP contribution in [0.5, 0.6) is 0 Å². The third-order valence-corrected chi connectivity index (χ3v) is 3.10. The quantitative estimate of drug-likeness (QED) is 0.600. The molecule has 0 radical (unpaired) electrons. The van der Waals surface area contributed by atoms with Crippen molar-refractivity contribution in [1.82, 2.24) is 0 Å². The molecule has 0 nitrogen and oxygen atoms in total. The predicted molar refractivity (Wildman–Crippen MR) is 66.8 cm³/mol. The molecule has 0 N–H and O–H groups in total. The minimum atomic E-state index is -4.64. The molecule has 0 fully saturated rings. The summed E-state index contributed by atoms with van der Waals surface area (Å²) in [6.45, 7) is 0. The molecule has 0 heterocycles. The van der Waals surface area contributed by atoms with Gasteiger partial charge in [-0.3, -0.25) is 0 Å². The normalized spacial score (nSPS) is 11.9. The Kier molecular flexibility index (Phi) is 3.99. The number of hydrogen-bond acceptors (Lipinski definition) is 0. The van der Waals surface area contributed by atoms with Crippen molar-refractivity contribution in [1.29, 1.82) is 0 Å². The lowest BCUT2D eigenvalue weighted by Gasteiger charge is -2.16. The molecule has 2 rings (SSSR count). The number of alkyl halides is 5. The molecule has 0 saturated heterocycles. The molecule has 6 heteroatoms. The fourth-order valence-corrected chi connectivity index (χ4v) is 2.24. The molecular formula is C14H8ClF5. The Morgan fingerprint density at radius 1 is 0.900 bits per heavy atom. The van der Waals surface area contributed by atoms with Crippen molar-refractivity contribution in [3.8, 4) is 11.1 Å². The standard InChI is InChI=1S/C14H8ClF5/c15-11-7-3-5-9(13(16)17)12(11)8-4-1-2-6-10(8)14(18,19)20/h1-7,13H. The van der Waals surface area contributed by atoms with Crippen LogP contribution in [-0.4, -0.2) is 0 Å². The lowest BCUT2D eigenvalue weighted by molar-refractivity contribution is -0.137. The lowest BCUT2D eigenvalue weighted by atomic mass is 9.95. The highest BCUT2D eigenvalue weighted by Gasteiger charge is 2.34. The van der Waals surface area contributed by atoms with E-state index in [2.05, 4.69) is 0 Å². The van der Waals surface area contributed by atoms with E-state index in [1.807, 2.05) is 0 Å². The molecule has 0 aromatic heterocycles. The summed E-state index contributed by atoms with van der Waals surface area (Å²) in [6.07, 6.45) is -7.56. The molecule has 0 saturated carbocycles. The van der Waals surface area contributed by atoms with Gasteiger partial charge in [0.25, 0.3) is 6.43 Å². The van der Waals surface area contributed by atoms with Crippen molar-refractivity contribution in [2.75, 3.05) is 0 Å². The van der Waals surface area contributed by atoms with Crippen molar-refractivity contribution in [3.05, 3.63) is 58.6 Å². The highest BCUT2D eigenvalue weighted by Crippen LogP contribution is 2.42. The second kappa shape index (κ2) is 5.40. The summed E-state index contributed by atoms with van der Waals surface area (Å²) < 4.78 is 64.9. The number of benzene rings is 2. The van der Waals surface area contributed by atoms with E-state index in [0.29, 0.717) is 0 Å². The summed E-state index contributed by atoms with van der Waals surface area (Å²) >= 11 is 5.83. The molecule has 0 unspecified atom stereocenters. The van der Waals surface area contributed by atoms with Crippen LogP contribution < -0.4 is 0 Å². The van der Waals surface area contributed by atoms with Gasteiger partial charge in [0.1, 0.15) is 0 Å². The maximum atomic E-state index is 13.0. The van der Waals surface area contributed by atoms with Crippen LogP contribution in [0.1, 0.15) is 17.6 Å². The van der Waals surface area contributed by atoms with E-state index in [1.54, 1.807) is 0 Å². The molecule has 0 amide bonds. The Hall–Kier alpha value is -1.62. The van der Waals surface area contributed by atoms with E-state index < -0.39 is 23.7 Å². The molecule has 0 aliphatic heterocycles. The average molecular weight is 307 g/mol. The van der Waals surface area contributed by atoms with Crippen LogP contribution in [-0.2, 0) is 6.18 Å². The zero-order chi connectivity index (χ0) is 14.9. The van der Waals surface area contributed by atoms with Gasteiger partial charge in [-0.2, -0.15) is 13.2 Å². The number of halogens is 6. The predicted octanol–water partition coefficient (Wildman–Crippen LogP) is 5.96. The van der Waals surface area contributed by atoms with Gasteiger partial charge in [-0.1, -0.05) is 41.9 Å². The first-order valence-corrected chi connectivity index (χ1v) is 5.93. The summed E-state index contributed by atoms with van der Waals surface area (Å²) in [5.41, 5.74) is -2.14. The van der Waals surface area contributed by atoms with Crippen molar-refractivity contribution < 1.29 is 22.0 Å². The summed E-state index contributed by atoms with van der Waals surface area (Å²) in [5, 5.41) is -0.139. The van der Waals surface area contributed by atoms with Crippen LogP contribution in [0.4, 0.5) is 22.0 Å². The minimum Gasteiger partial charge on any atom is -0.205 e. The summed E-state index contributed by atoms with van der Waals surface area (Å²) in [4.78, 5) is 0. The third kappa shape index (κ3) is 2.77. The largest absolute Gasteiger partial charge is 0.417 e. The van der Waals surface area contributed by atoms with Gasteiger partial charge in [-0.05, 0) is 17.7 Å². The second-order valence-corrected chi connectivity index (χ2v) is 4.46. The smallest absolute Gasteiger partial charge is 0.205 e. The molecule has 0 aliphatic rings. The van der Waals surface area contributed by atoms with E-state index in [-0.39, 0.29) is 16.1 Å². The second-order valence-electron chi connectivity index (χ2n) is 4.05. The monoisotopic (exact) mass is 306 g/mol. The Morgan fingerprint density at radius 3 is 2.15 bits per heavy atom. The fourth-order valence-electron chi connectivity index (χ4n) is 1.96. The van der Waals surface area contributed by atoms with Crippen molar-refractivity contribution >= 4 is 11.6 Å². The zero-order valence-corrected chi connectivity index (χ0v) is 10.6. The first kappa shape index (κ1) is 14.8. The van der Waals surface area contributed by atoms with Gasteiger partial charge < -0.3 is 0 Å². The third-order valence-electron chi connectivity index (χ3n) is 2.78. The molecule has 2 aromatic carbocycles. The van der Waals surface area contributed by atoms with Crippen molar-refractivity contribution in [2.24, 2.45) is 0 Å². The van der Waals surface area contributed by atoms with E-state index in [0.717, 1.165) is 18.2 Å². The first-order valence-electron chi connectivity index (χ1n) is 5.55. The number of hydrogen-bond donors (Lipinski definition) is 0. The maximum Gasteiger partial charge on any atom is 0.417 e. The van der Waals surface area contributed by atoms with Gasteiger partial charge in [-0.25, -0.2) is 8.78 Å². The molecule has 0 atom stereocenters. The zero-order valence-electron chi connectivity index (χ0n) is 9.89. The minimum absolute atomic E-state index is 0.139. The highest BCUT2D eigenvalue weighted by atomic mass is 35.5. The molecular weight excluding hydrogens is 299 g/mol. The van der Waals surface area contributed by atoms with E-state index >= 15 is 0 Å². The summed E-state index contributed by atoms with van der Waals surface area (Å²) in [6, 6.07) is 8.16. The molecule has 2 aromatic rings. The average Bonchev–Trinajstić information content (AvgIpc) is 2.37. The molecule has 0 aliphatic carbocycles. The molecule has 20 heavy (non-hydrogen) atoms. The molecule has 0 bridgehead atoms. The Bertz CT molecular complexity index is 619. The van der Waals surface area contributed by atoms with Crippen LogP contribution in [0.2, 0.25) is 5.02 Å². The SMILES string of the molecule is FC(F)c1cccc(Cl)c1-c1ccccc1C(F)(F)F. The van der Waals surface area contributed by atoms with E-state index in [1.165, 1.54) is 24.3 Å². The topological polar surface area (TPSA) is 0 Å². The Balaban J connectivity index is 2.76. The molecule has 0 spiro atoms. The maximum absolute atomic E-state index is 13.0. The van der Waals surface area contributed by atoms with Crippen LogP contribution >= 0.6 is 11.6 Å². The Morgan fingerprint density at radius 2 is 1.55 bits per heavy atom. The van der Waals surface area contributed by atoms with Crippen molar-refractivity contribution in [2.45, 2.75) is 12.6 Å². The molecule has 106 valence electrons. The number of rotatable bonds is 2. The van der Waals surface area contributed by atoms with Gasteiger partial charge in [0.2, 0.25) is 0 Å². The van der Waals surface area contributed by atoms with E-state index in [4.69, 9.17) is 11.6 Å². The first-order chi connectivity index (χ1) is 9.32. The summed E-state index contributed by atoms with van der Waals surface area (Å²) in [7, 11) is 0. The van der Waals surface area contributed by atoms with Crippen molar-refractivity contribution in [3.63, 3.8) is 0 Å². The van der Waals surface area contributed by atoms with Crippen LogP contribution in [0, 0.1) is 0 Å². The van der Waals surface area contributed by atoms with Crippen LogP contribution in [0.25, 0.3) is 11.1 Å². The van der Waals surface area contributed by atoms with Gasteiger partial charge in [0.05, 0.1) is 5.56 Å². The van der Waals surface area contributed by atoms with Crippen LogP contribution in [0.15, 0.2) is 42.5 Å². The van der Waals surface area contributed by atoms with Gasteiger partial charge in [0.15, 0.2) is 0 Å². The van der Waals surface area contributed by atoms with Gasteiger partial charge in [0, 0.05) is 16.1 Å². The van der Waals surface area contributed by atoms with Gasteiger partial charge >= 0.3 is 6.18 Å². The highest BCUT2D eigenvalue weighted by molar-refractivity contribution is 6.33. The summed E-state index contributed by atoms with van der Waals surface area (Å²) in [5.74, 6) is 0. The van der Waals surface area contributed by atoms with E-state index in [9.17, 15) is 22.0 Å². The van der Waals surface area contributed by atoms with Gasteiger partial charge in [-0.15, -0.1) is 0 Å². The fraction of sp³-hybridized carbons (Fsp3) is 0.143. The Labute approximate surface area is 116 Å². The van der Waals surface area contributed by atoms with Crippen LogP contribution in [0.3, 0.4) is 0 Å².